The molecule has 0 bridgehead atoms. The van der Waals surface area contributed by atoms with Crippen LogP contribution in [0.5, 0.6) is 0 Å². The number of amides is 1. The van der Waals surface area contributed by atoms with Crippen LogP contribution in [0.1, 0.15) is 37.7 Å². The average molecular weight is 278 g/mol. The number of hydrogen-bond donors (Lipinski definition) is 1. The maximum atomic E-state index is 12.4. The van der Waals surface area contributed by atoms with Gasteiger partial charge in [-0.1, -0.05) is 36.8 Å². The third-order valence-corrected chi connectivity index (χ3v) is 5.18. The molecule has 0 aliphatic heterocycles. The minimum Gasteiger partial charge on any atom is -0.355 e. The zero-order valence-electron chi connectivity index (χ0n) is 11.1. The van der Waals surface area contributed by atoms with E-state index in [0.29, 0.717) is 5.92 Å². The van der Waals surface area contributed by atoms with E-state index in [1.807, 2.05) is 18.2 Å². The molecule has 0 heterocycles. The van der Waals surface area contributed by atoms with Gasteiger partial charge in [-0.15, -0.1) is 11.6 Å². The van der Waals surface area contributed by atoms with E-state index in [1.165, 1.54) is 6.42 Å². The predicted molar refractivity (Wildman–Crippen MR) is 77.3 cm³/mol. The van der Waals surface area contributed by atoms with Gasteiger partial charge in [0.15, 0.2) is 0 Å². The summed E-state index contributed by atoms with van der Waals surface area (Å²) in [4.78, 5) is 12.4. The Balaban J connectivity index is 1.61. The van der Waals surface area contributed by atoms with Crippen LogP contribution in [0.25, 0.3) is 0 Å². The van der Waals surface area contributed by atoms with E-state index in [0.717, 1.165) is 37.8 Å². The van der Waals surface area contributed by atoms with Crippen LogP contribution in [0.4, 0.5) is 0 Å². The third kappa shape index (κ3) is 2.51. The lowest BCUT2D eigenvalue weighted by Gasteiger charge is -2.19. The van der Waals surface area contributed by atoms with Crippen molar-refractivity contribution in [2.45, 2.75) is 42.9 Å². The van der Waals surface area contributed by atoms with E-state index in [-0.39, 0.29) is 16.7 Å². The van der Waals surface area contributed by atoms with Crippen LogP contribution in [-0.4, -0.2) is 17.8 Å². The molecule has 0 aromatic heterocycles. The van der Waals surface area contributed by atoms with Crippen molar-refractivity contribution in [3.63, 3.8) is 0 Å². The summed E-state index contributed by atoms with van der Waals surface area (Å²) in [6.07, 6.45) is 5.37. The number of benzene rings is 1. The number of nitrogens with one attached hydrogen (secondary N) is 1. The topological polar surface area (TPSA) is 29.1 Å². The Bertz CT molecular complexity index is 455. The second-order valence-corrected chi connectivity index (χ2v) is 6.43. The summed E-state index contributed by atoms with van der Waals surface area (Å²) < 4.78 is 0. The highest BCUT2D eigenvalue weighted by Gasteiger charge is 2.51. The van der Waals surface area contributed by atoms with Gasteiger partial charge in [0.05, 0.1) is 5.41 Å². The Morgan fingerprint density at radius 3 is 2.58 bits per heavy atom. The molecule has 2 fully saturated rings. The van der Waals surface area contributed by atoms with E-state index in [2.05, 4.69) is 17.4 Å². The van der Waals surface area contributed by atoms with E-state index >= 15 is 0 Å². The summed E-state index contributed by atoms with van der Waals surface area (Å²) in [7, 11) is 0. The van der Waals surface area contributed by atoms with Crippen molar-refractivity contribution in [2.24, 2.45) is 5.92 Å². The second kappa shape index (κ2) is 5.16. The Hall–Kier alpha value is -1.02. The van der Waals surface area contributed by atoms with Gasteiger partial charge in [-0.2, -0.15) is 0 Å². The third-order valence-electron chi connectivity index (χ3n) is 4.60. The molecule has 3 heteroatoms. The Kier molecular flexibility index (Phi) is 3.53. The van der Waals surface area contributed by atoms with Crippen molar-refractivity contribution < 1.29 is 4.79 Å². The Labute approximate surface area is 119 Å². The minimum absolute atomic E-state index is 0.189. The maximum absolute atomic E-state index is 12.4. The van der Waals surface area contributed by atoms with E-state index < -0.39 is 0 Å². The SMILES string of the molecule is O=C(NCC1CCCC1Cl)C1(c2ccccc2)CC1. The summed E-state index contributed by atoms with van der Waals surface area (Å²) in [5.74, 6) is 0.645. The lowest BCUT2D eigenvalue weighted by atomic mass is 9.94. The van der Waals surface area contributed by atoms with Crippen molar-refractivity contribution >= 4 is 17.5 Å². The van der Waals surface area contributed by atoms with Gasteiger partial charge in [0.2, 0.25) is 5.91 Å². The van der Waals surface area contributed by atoms with Crippen molar-refractivity contribution in [1.82, 2.24) is 5.32 Å². The van der Waals surface area contributed by atoms with Crippen LogP contribution in [0.2, 0.25) is 0 Å². The number of halogens is 1. The molecule has 2 saturated carbocycles. The molecule has 3 rings (SSSR count). The molecule has 2 aliphatic carbocycles. The molecule has 19 heavy (non-hydrogen) atoms. The molecule has 0 radical (unpaired) electrons. The molecule has 1 aromatic carbocycles. The van der Waals surface area contributed by atoms with Crippen molar-refractivity contribution in [3.05, 3.63) is 35.9 Å². The minimum atomic E-state index is -0.248. The maximum Gasteiger partial charge on any atom is 0.230 e. The summed E-state index contributed by atoms with van der Waals surface area (Å²) in [5, 5.41) is 3.38. The molecule has 2 atom stereocenters. The van der Waals surface area contributed by atoms with Gasteiger partial charge < -0.3 is 5.32 Å². The lowest BCUT2D eigenvalue weighted by Crippen LogP contribution is -2.38. The molecule has 0 saturated heterocycles. The first-order valence-electron chi connectivity index (χ1n) is 7.20. The molecule has 0 spiro atoms. The quantitative estimate of drug-likeness (QED) is 0.841. The largest absolute Gasteiger partial charge is 0.355 e. The number of carbonyl (C=O) groups excluding carboxylic acids is 1. The van der Waals surface area contributed by atoms with Gasteiger partial charge in [0.1, 0.15) is 0 Å². The van der Waals surface area contributed by atoms with Crippen molar-refractivity contribution in [1.29, 1.82) is 0 Å². The zero-order chi connectivity index (χ0) is 13.3. The number of hydrogen-bond acceptors (Lipinski definition) is 1. The number of carbonyl (C=O) groups is 1. The first-order chi connectivity index (χ1) is 9.22. The smallest absolute Gasteiger partial charge is 0.230 e. The fourth-order valence-electron chi connectivity index (χ4n) is 3.14. The summed E-state index contributed by atoms with van der Waals surface area (Å²) >= 11 is 6.26. The van der Waals surface area contributed by atoms with Crippen molar-refractivity contribution in [2.75, 3.05) is 6.54 Å². The fourth-order valence-corrected chi connectivity index (χ4v) is 3.51. The molecule has 2 aliphatic rings. The normalized spacial score (nSPS) is 28.1. The van der Waals surface area contributed by atoms with Gasteiger partial charge in [-0.05, 0) is 37.2 Å². The molecule has 2 unspecified atom stereocenters. The average Bonchev–Trinajstić information content (AvgIpc) is 3.16. The second-order valence-electron chi connectivity index (χ2n) is 5.87. The highest BCUT2D eigenvalue weighted by atomic mass is 35.5. The molecule has 1 amide bonds. The van der Waals surface area contributed by atoms with Gasteiger partial charge in [-0.25, -0.2) is 0 Å². The van der Waals surface area contributed by atoms with Gasteiger partial charge in [0, 0.05) is 11.9 Å². The monoisotopic (exact) mass is 277 g/mol. The Morgan fingerprint density at radius 2 is 2.00 bits per heavy atom. The van der Waals surface area contributed by atoms with Crippen LogP contribution < -0.4 is 5.32 Å². The fraction of sp³-hybridized carbons (Fsp3) is 0.562. The number of rotatable bonds is 4. The van der Waals surface area contributed by atoms with Gasteiger partial charge in [-0.3, -0.25) is 4.79 Å². The van der Waals surface area contributed by atoms with Crippen LogP contribution in [0.3, 0.4) is 0 Å². The standard InChI is InChI=1S/C16H20ClNO/c17-14-8-4-5-12(14)11-18-15(19)16(9-10-16)13-6-2-1-3-7-13/h1-3,6-7,12,14H,4-5,8-11H2,(H,18,19). The van der Waals surface area contributed by atoms with Gasteiger partial charge in [0.25, 0.3) is 0 Å². The van der Waals surface area contributed by atoms with Crippen molar-refractivity contribution in [3.8, 4) is 0 Å². The summed E-state index contributed by atoms with van der Waals surface area (Å²) in [5.41, 5.74) is 0.906. The molecule has 2 nitrogen and oxygen atoms in total. The number of alkyl halides is 1. The van der Waals surface area contributed by atoms with E-state index in [9.17, 15) is 4.79 Å². The molecule has 102 valence electrons. The molecular formula is C16H20ClNO. The zero-order valence-corrected chi connectivity index (χ0v) is 11.8. The van der Waals surface area contributed by atoms with E-state index in [4.69, 9.17) is 11.6 Å². The first-order valence-corrected chi connectivity index (χ1v) is 7.64. The van der Waals surface area contributed by atoms with Crippen LogP contribution in [0.15, 0.2) is 30.3 Å². The van der Waals surface area contributed by atoms with Crippen LogP contribution in [-0.2, 0) is 10.2 Å². The molecular weight excluding hydrogens is 258 g/mol. The summed E-state index contributed by atoms with van der Waals surface area (Å²) in [6.45, 7) is 0.738. The van der Waals surface area contributed by atoms with Crippen LogP contribution >= 0.6 is 11.6 Å². The summed E-state index contributed by atoms with van der Waals surface area (Å²) in [6, 6.07) is 10.1. The first kappa shape index (κ1) is 13.0. The van der Waals surface area contributed by atoms with Crippen LogP contribution in [0, 0.1) is 5.92 Å². The van der Waals surface area contributed by atoms with Gasteiger partial charge >= 0.3 is 0 Å². The lowest BCUT2D eigenvalue weighted by molar-refractivity contribution is -0.123. The highest BCUT2D eigenvalue weighted by molar-refractivity contribution is 6.21. The predicted octanol–water partition coefficient (Wildman–Crippen LogP) is 3.24. The highest BCUT2D eigenvalue weighted by Crippen LogP contribution is 2.48. The molecule has 1 aromatic rings. The van der Waals surface area contributed by atoms with E-state index in [1.54, 1.807) is 0 Å². The Morgan fingerprint density at radius 1 is 1.26 bits per heavy atom. The molecule has 1 N–H and O–H groups in total.